The summed E-state index contributed by atoms with van der Waals surface area (Å²) in [5, 5.41) is 4.09. The van der Waals surface area contributed by atoms with E-state index in [1.54, 1.807) is 0 Å². The van der Waals surface area contributed by atoms with E-state index in [0.717, 1.165) is 82.9 Å². The summed E-state index contributed by atoms with van der Waals surface area (Å²) in [5.41, 5.74) is 2.59. The predicted octanol–water partition coefficient (Wildman–Crippen LogP) is 4.83. The smallest absolute Gasteiger partial charge is 0.324 e. The van der Waals surface area contributed by atoms with Gasteiger partial charge in [0.25, 0.3) is 0 Å². The molecule has 1 amide bonds. The predicted molar refractivity (Wildman–Crippen MR) is 149 cm³/mol. The molecule has 3 heterocycles. The number of carbonyl (C=O) groups is 1. The molecule has 1 aliphatic carbocycles. The Kier molecular flexibility index (Phi) is 8.36. The van der Waals surface area contributed by atoms with E-state index >= 15 is 0 Å². The lowest BCUT2D eigenvalue weighted by Gasteiger charge is -2.30. The number of rotatable bonds is 8. The van der Waals surface area contributed by atoms with Crippen molar-refractivity contribution in [3.63, 3.8) is 0 Å². The lowest BCUT2D eigenvalue weighted by molar-refractivity contribution is -0.134. The molecule has 0 bridgehead atoms. The number of carbonyl (C=O) groups excluding carboxylic acids is 1. The lowest BCUT2D eigenvalue weighted by atomic mass is 9.86. The van der Waals surface area contributed by atoms with E-state index < -0.39 is 0 Å². The van der Waals surface area contributed by atoms with Gasteiger partial charge in [-0.1, -0.05) is 37.2 Å². The Morgan fingerprint density at radius 2 is 1.87 bits per heavy atom. The second-order valence-electron chi connectivity index (χ2n) is 11.7. The topological polar surface area (TPSA) is 74.9 Å². The first-order chi connectivity index (χ1) is 18.4. The Labute approximate surface area is 227 Å². The van der Waals surface area contributed by atoms with Gasteiger partial charge in [0.1, 0.15) is 5.75 Å². The largest absolute Gasteiger partial charge is 0.493 e. The molecule has 2 aliphatic heterocycles. The van der Waals surface area contributed by atoms with Crippen LogP contribution in [0.1, 0.15) is 69.7 Å². The Hall–Kier alpha value is -2.87. The van der Waals surface area contributed by atoms with Gasteiger partial charge in [-0.2, -0.15) is 4.98 Å². The third-order valence-electron chi connectivity index (χ3n) is 8.51. The highest BCUT2D eigenvalue weighted by Crippen LogP contribution is 2.33. The van der Waals surface area contributed by atoms with Crippen LogP contribution in [0, 0.1) is 11.8 Å². The molecule has 5 rings (SSSR count). The number of ether oxygens (including phenoxy) is 1. The number of amides is 1. The van der Waals surface area contributed by atoms with Crippen molar-refractivity contribution in [1.82, 2.24) is 19.9 Å². The maximum atomic E-state index is 13.0. The molecule has 1 aromatic carbocycles. The van der Waals surface area contributed by atoms with Gasteiger partial charge in [-0.15, -0.1) is 0 Å². The van der Waals surface area contributed by atoms with E-state index in [0.29, 0.717) is 23.9 Å². The number of likely N-dealkylation sites (N-methyl/N-ethyl adjacent to an activating group) is 1. The molecule has 8 heteroatoms. The van der Waals surface area contributed by atoms with E-state index in [-0.39, 0.29) is 11.8 Å². The number of nitrogens with zero attached hydrogens (tertiary/aromatic N) is 5. The van der Waals surface area contributed by atoms with E-state index in [4.69, 9.17) is 9.26 Å². The molecule has 0 spiro atoms. The standard InChI is InChI=1S/C30H43N5O3/c1-21(2)28-31-30(38-32-28)34-16-13-22(14-17-34)20-37-27-11-9-24(10-12-27)23-5-7-25(8-6-23)29(36)35-18-15-26(19-35)33(3)4/h5,9-12,21-22,25-26H,6-8,13-20H2,1-4H3. The second kappa shape index (κ2) is 11.9. The first kappa shape index (κ1) is 26.7. The number of hydrogen-bond acceptors (Lipinski definition) is 7. The molecule has 0 N–H and O–H groups in total. The van der Waals surface area contributed by atoms with Gasteiger partial charge in [0, 0.05) is 44.1 Å². The molecule has 2 aromatic rings. The van der Waals surface area contributed by atoms with Gasteiger partial charge in [0.2, 0.25) is 5.91 Å². The van der Waals surface area contributed by atoms with Crippen molar-refractivity contribution in [2.24, 2.45) is 11.8 Å². The molecule has 38 heavy (non-hydrogen) atoms. The number of allylic oxidation sites excluding steroid dienone is 2. The van der Waals surface area contributed by atoms with Crippen LogP contribution >= 0.6 is 0 Å². The first-order valence-corrected chi connectivity index (χ1v) is 14.3. The number of piperidine rings is 1. The fraction of sp³-hybridized carbons (Fsp3) is 0.633. The fourth-order valence-electron chi connectivity index (χ4n) is 5.80. The molecule has 8 nitrogen and oxygen atoms in total. The van der Waals surface area contributed by atoms with Crippen LogP contribution < -0.4 is 9.64 Å². The summed E-state index contributed by atoms with van der Waals surface area (Å²) < 4.78 is 11.6. The van der Waals surface area contributed by atoms with Gasteiger partial charge in [0.15, 0.2) is 5.82 Å². The minimum absolute atomic E-state index is 0.130. The molecule has 206 valence electrons. The number of benzene rings is 1. The third kappa shape index (κ3) is 6.22. The highest BCUT2D eigenvalue weighted by atomic mass is 16.5. The van der Waals surface area contributed by atoms with Crippen LogP contribution in [0.15, 0.2) is 34.9 Å². The Morgan fingerprint density at radius 3 is 2.47 bits per heavy atom. The second-order valence-corrected chi connectivity index (χ2v) is 11.7. The van der Waals surface area contributed by atoms with Crippen LogP contribution in [0.3, 0.4) is 0 Å². The average molecular weight is 522 g/mol. The summed E-state index contributed by atoms with van der Waals surface area (Å²) in [7, 11) is 4.21. The SMILES string of the molecule is CC(C)c1noc(N2CCC(COc3ccc(C4=CCC(C(=O)N5CCC(N(C)C)C5)CC4)cc3)CC2)n1. The van der Waals surface area contributed by atoms with E-state index in [1.807, 2.05) is 0 Å². The zero-order valence-corrected chi connectivity index (χ0v) is 23.4. The molecule has 2 saturated heterocycles. The summed E-state index contributed by atoms with van der Waals surface area (Å²) in [4.78, 5) is 24.1. The highest BCUT2D eigenvalue weighted by molar-refractivity contribution is 5.81. The molecule has 2 atom stereocenters. The normalized spacial score (nSPS) is 22.8. The number of anilines is 1. The molecule has 2 fully saturated rings. The fourth-order valence-corrected chi connectivity index (χ4v) is 5.80. The molecule has 3 aliphatic rings. The van der Waals surface area contributed by atoms with Gasteiger partial charge in [-0.3, -0.25) is 4.79 Å². The zero-order chi connectivity index (χ0) is 26.6. The number of aromatic nitrogens is 2. The van der Waals surface area contributed by atoms with Crippen LogP contribution in [0.5, 0.6) is 5.75 Å². The van der Waals surface area contributed by atoms with Crippen LogP contribution in [0.4, 0.5) is 6.01 Å². The molecular weight excluding hydrogens is 478 g/mol. The van der Waals surface area contributed by atoms with E-state index in [2.05, 4.69) is 83.1 Å². The number of likely N-dealkylation sites (tertiary alicyclic amines) is 1. The summed E-state index contributed by atoms with van der Waals surface area (Å²) in [6.07, 6.45) is 8.21. The van der Waals surface area contributed by atoms with Gasteiger partial charge >= 0.3 is 6.01 Å². The highest BCUT2D eigenvalue weighted by Gasteiger charge is 2.32. The average Bonchev–Trinajstić information content (AvgIpc) is 3.63. The Bertz CT molecular complexity index is 1100. The van der Waals surface area contributed by atoms with Crippen LogP contribution in [-0.2, 0) is 4.79 Å². The van der Waals surface area contributed by atoms with Gasteiger partial charge in [-0.25, -0.2) is 0 Å². The Morgan fingerprint density at radius 1 is 1.11 bits per heavy atom. The molecular formula is C30H43N5O3. The van der Waals surface area contributed by atoms with Gasteiger partial charge in [-0.05, 0) is 81.8 Å². The Balaban J connectivity index is 1.06. The van der Waals surface area contributed by atoms with Crippen molar-refractivity contribution < 1.29 is 14.1 Å². The van der Waals surface area contributed by atoms with Crippen LogP contribution in [0.2, 0.25) is 0 Å². The van der Waals surface area contributed by atoms with E-state index in [1.165, 1.54) is 11.1 Å². The van der Waals surface area contributed by atoms with Crippen LogP contribution in [0.25, 0.3) is 5.57 Å². The van der Waals surface area contributed by atoms with Crippen molar-refractivity contribution in [2.45, 2.75) is 64.3 Å². The van der Waals surface area contributed by atoms with Crippen molar-refractivity contribution in [3.8, 4) is 5.75 Å². The van der Waals surface area contributed by atoms with Crippen molar-refractivity contribution in [3.05, 3.63) is 41.7 Å². The summed E-state index contributed by atoms with van der Waals surface area (Å²) in [6, 6.07) is 9.63. The third-order valence-corrected chi connectivity index (χ3v) is 8.51. The molecule has 0 radical (unpaired) electrons. The first-order valence-electron chi connectivity index (χ1n) is 14.3. The van der Waals surface area contributed by atoms with Gasteiger partial charge < -0.3 is 24.0 Å². The summed E-state index contributed by atoms with van der Waals surface area (Å²) in [5.74, 6) is 2.96. The zero-order valence-electron chi connectivity index (χ0n) is 23.4. The molecule has 0 saturated carbocycles. The van der Waals surface area contributed by atoms with E-state index in [9.17, 15) is 4.79 Å². The number of hydrogen-bond donors (Lipinski definition) is 0. The van der Waals surface area contributed by atoms with Crippen molar-refractivity contribution >= 4 is 17.5 Å². The monoisotopic (exact) mass is 521 g/mol. The maximum absolute atomic E-state index is 13.0. The minimum atomic E-state index is 0.130. The summed E-state index contributed by atoms with van der Waals surface area (Å²) >= 11 is 0. The summed E-state index contributed by atoms with van der Waals surface area (Å²) in [6.45, 7) is 8.48. The minimum Gasteiger partial charge on any atom is -0.493 e. The maximum Gasteiger partial charge on any atom is 0.324 e. The van der Waals surface area contributed by atoms with Crippen molar-refractivity contribution in [2.75, 3.05) is 51.8 Å². The molecule has 1 aromatic heterocycles. The quantitative estimate of drug-likeness (QED) is 0.492. The molecule has 2 unspecified atom stereocenters. The van der Waals surface area contributed by atoms with Crippen LogP contribution in [-0.4, -0.2) is 78.8 Å². The van der Waals surface area contributed by atoms with Gasteiger partial charge in [0.05, 0.1) is 6.61 Å². The van der Waals surface area contributed by atoms with Crippen molar-refractivity contribution in [1.29, 1.82) is 0 Å². The lowest BCUT2D eigenvalue weighted by Crippen LogP contribution is -2.38.